The standard InChI is InChI=1S/C17H18N2O3/c1-10(2)12-4-6-13(7-5-12)15-14(11(3)20)16(21)17(22)19(15)9-8-18/h4-7,10,15,21H,9H2,1-3H3/t15-/m0/s1. The van der Waals surface area contributed by atoms with Gasteiger partial charge in [-0.05, 0) is 24.0 Å². The van der Waals surface area contributed by atoms with E-state index in [0.29, 0.717) is 11.5 Å². The van der Waals surface area contributed by atoms with Crippen molar-refractivity contribution in [3.05, 3.63) is 46.7 Å². The lowest BCUT2D eigenvalue weighted by atomic mass is 9.94. The number of rotatable bonds is 4. The molecular formula is C17H18N2O3. The van der Waals surface area contributed by atoms with Crippen LogP contribution in [0.25, 0.3) is 0 Å². The fourth-order valence-corrected chi connectivity index (χ4v) is 2.66. The molecule has 0 saturated carbocycles. The molecule has 1 heterocycles. The zero-order valence-corrected chi connectivity index (χ0v) is 12.8. The van der Waals surface area contributed by atoms with Crippen molar-refractivity contribution in [2.75, 3.05) is 6.54 Å². The molecule has 22 heavy (non-hydrogen) atoms. The predicted molar refractivity (Wildman–Crippen MR) is 80.9 cm³/mol. The average molecular weight is 298 g/mol. The van der Waals surface area contributed by atoms with Crippen LogP contribution in [0.1, 0.15) is 43.9 Å². The van der Waals surface area contributed by atoms with Gasteiger partial charge in [-0.15, -0.1) is 0 Å². The number of nitriles is 1. The van der Waals surface area contributed by atoms with Crippen LogP contribution in [0.15, 0.2) is 35.6 Å². The molecule has 1 aromatic carbocycles. The summed E-state index contributed by atoms with van der Waals surface area (Å²) in [5, 5.41) is 18.9. The van der Waals surface area contributed by atoms with Crippen molar-refractivity contribution >= 4 is 11.7 Å². The lowest BCUT2D eigenvalue weighted by Crippen LogP contribution is -2.31. The molecule has 1 aromatic rings. The summed E-state index contributed by atoms with van der Waals surface area (Å²) in [6, 6.07) is 8.73. The van der Waals surface area contributed by atoms with Crippen molar-refractivity contribution in [3.63, 3.8) is 0 Å². The Morgan fingerprint density at radius 1 is 1.36 bits per heavy atom. The number of hydrogen-bond acceptors (Lipinski definition) is 4. The third-order valence-electron chi connectivity index (χ3n) is 3.84. The minimum absolute atomic E-state index is 0.0533. The fraction of sp³-hybridized carbons (Fsp3) is 0.353. The summed E-state index contributed by atoms with van der Waals surface area (Å²) >= 11 is 0. The molecule has 0 aliphatic carbocycles. The first-order valence-electron chi connectivity index (χ1n) is 7.10. The van der Waals surface area contributed by atoms with Crippen molar-refractivity contribution in [3.8, 4) is 6.07 Å². The minimum Gasteiger partial charge on any atom is -0.503 e. The Balaban J connectivity index is 2.50. The number of ketones is 1. The smallest absolute Gasteiger partial charge is 0.290 e. The number of carbonyl (C=O) groups is 2. The van der Waals surface area contributed by atoms with Gasteiger partial charge in [0.05, 0.1) is 17.7 Å². The maximum atomic E-state index is 12.1. The van der Waals surface area contributed by atoms with Crippen LogP contribution in [0.4, 0.5) is 0 Å². The van der Waals surface area contributed by atoms with Gasteiger partial charge in [0.25, 0.3) is 5.91 Å². The number of nitrogens with zero attached hydrogens (tertiary/aromatic N) is 2. The molecule has 1 aliphatic rings. The van der Waals surface area contributed by atoms with Crippen molar-refractivity contribution in [1.29, 1.82) is 5.26 Å². The van der Waals surface area contributed by atoms with E-state index in [1.807, 2.05) is 30.3 Å². The number of amides is 1. The molecule has 1 N–H and O–H groups in total. The number of aliphatic hydroxyl groups excluding tert-OH is 1. The van der Waals surface area contributed by atoms with Gasteiger partial charge in [-0.3, -0.25) is 9.59 Å². The molecule has 0 spiro atoms. The van der Waals surface area contributed by atoms with E-state index in [9.17, 15) is 14.7 Å². The summed E-state index contributed by atoms with van der Waals surface area (Å²) < 4.78 is 0. The van der Waals surface area contributed by atoms with Gasteiger partial charge in [-0.2, -0.15) is 5.26 Å². The lowest BCUT2D eigenvalue weighted by molar-refractivity contribution is -0.128. The van der Waals surface area contributed by atoms with E-state index in [1.165, 1.54) is 11.8 Å². The summed E-state index contributed by atoms with van der Waals surface area (Å²) in [5.41, 5.74) is 1.90. The molecule has 5 heteroatoms. The van der Waals surface area contributed by atoms with Crippen LogP contribution >= 0.6 is 0 Å². The van der Waals surface area contributed by atoms with Gasteiger partial charge < -0.3 is 10.0 Å². The van der Waals surface area contributed by atoms with Gasteiger partial charge in [-0.1, -0.05) is 38.1 Å². The van der Waals surface area contributed by atoms with Crippen LogP contribution in [0.3, 0.4) is 0 Å². The first-order chi connectivity index (χ1) is 10.4. The number of Topliss-reactive ketones (excluding diaryl/α,β-unsaturated/α-hetero) is 1. The summed E-state index contributed by atoms with van der Waals surface area (Å²) in [4.78, 5) is 25.1. The zero-order chi connectivity index (χ0) is 16.4. The van der Waals surface area contributed by atoms with Gasteiger partial charge >= 0.3 is 0 Å². The monoisotopic (exact) mass is 298 g/mol. The van der Waals surface area contributed by atoms with E-state index in [1.54, 1.807) is 0 Å². The van der Waals surface area contributed by atoms with Gasteiger partial charge in [0.15, 0.2) is 11.5 Å². The van der Waals surface area contributed by atoms with Gasteiger partial charge in [0.1, 0.15) is 6.54 Å². The highest BCUT2D eigenvalue weighted by atomic mass is 16.3. The summed E-state index contributed by atoms with van der Waals surface area (Å²) in [5.74, 6) is -1.24. The molecule has 2 rings (SSSR count). The fourth-order valence-electron chi connectivity index (χ4n) is 2.66. The zero-order valence-electron chi connectivity index (χ0n) is 12.8. The average Bonchev–Trinajstić information content (AvgIpc) is 2.72. The highest BCUT2D eigenvalue weighted by molar-refractivity contribution is 6.08. The molecule has 0 radical (unpaired) electrons. The molecule has 0 unspecified atom stereocenters. The van der Waals surface area contributed by atoms with E-state index in [4.69, 9.17) is 5.26 Å². The molecule has 0 saturated heterocycles. The molecular weight excluding hydrogens is 280 g/mol. The maximum absolute atomic E-state index is 12.1. The maximum Gasteiger partial charge on any atom is 0.290 e. The Labute approximate surface area is 129 Å². The van der Waals surface area contributed by atoms with Crippen LogP contribution in [0.5, 0.6) is 0 Å². The van der Waals surface area contributed by atoms with E-state index in [-0.39, 0.29) is 17.9 Å². The minimum atomic E-state index is -0.703. The van der Waals surface area contributed by atoms with Crippen LogP contribution in [-0.4, -0.2) is 28.2 Å². The SMILES string of the molecule is CC(=O)C1=C(O)C(=O)N(CC#N)[C@H]1c1ccc(C(C)C)cc1. The van der Waals surface area contributed by atoms with Crippen molar-refractivity contribution in [2.24, 2.45) is 0 Å². The molecule has 1 amide bonds. The van der Waals surface area contributed by atoms with Crippen LogP contribution in [-0.2, 0) is 9.59 Å². The van der Waals surface area contributed by atoms with Crippen molar-refractivity contribution in [2.45, 2.75) is 32.7 Å². The van der Waals surface area contributed by atoms with E-state index in [0.717, 1.165) is 5.56 Å². The normalized spacial score (nSPS) is 18.0. The third kappa shape index (κ3) is 2.60. The van der Waals surface area contributed by atoms with Gasteiger partial charge in [0.2, 0.25) is 0 Å². The third-order valence-corrected chi connectivity index (χ3v) is 3.84. The summed E-state index contributed by atoms with van der Waals surface area (Å²) in [6.07, 6.45) is 0. The number of benzene rings is 1. The predicted octanol–water partition coefficient (Wildman–Crippen LogP) is 2.62. The summed E-state index contributed by atoms with van der Waals surface area (Å²) in [6.45, 7) is 5.27. The summed E-state index contributed by atoms with van der Waals surface area (Å²) in [7, 11) is 0. The highest BCUT2D eigenvalue weighted by Gasteiger charge is 2.42. The van der Waals surface area contributed by atoms with Crippen LogP contribution in [0, 0.1) is 11.3 Å². The Hall–Kier alpha value is -2.61. The molecule has 0 aromatic heterocycles. The van der Waals surface area contributed by atoms with E-state index >= 15 is 0 Å². The molecule has 0 fully saturated rings. The number of carbonyl (C=O) groups excluding carboxylic acids is 2. The second-order valence-electron chi connectivity index (χ2n) is 5.63. The first-order valence-corrected chi connectivity index (χ1v) is 7.10. The van der Waals surface area contributed by atoms with E-state index < -0.39 is 17.7 Å². The number of aliphatic hydroxyl groups is 1. The Morgan fingerprint density at radius 3 is 2.41 bits per heavy atom. The highest BCUT2D eigenvalue weighted by Crippen LogP contribution is 2.37. The topological polar surface area (TPSA) is 81.4 Å². The largest absolute Gasteiger partial charge is 0.503 e. The number of hydrogen-bond donors (Lipinski definition) is 1. The molecule has 1 aliphatic heterocycles. The Morgan fingerprint density at radius 2 is 1.95 bits per heavy atom. The molecule has 1 atom stereocenters. The van der Waals surface area contributed by atoms with Crippen molar-refractivity contribution < 1.29 is 14.7 Å². The van der Waals surface area contributed by atoms with Gasteiger partial charge in [0, 0.05) is 0 Å². The Kier molecular flexibility index (Phi) is 4.32. The molecule has 114 valence electrons. The molecule has 0 bridgehead atoms. The van der Waals surface area contributed by atoms with Crippen molar-refractivity contribution in [1.82, 2.24) is 4.90 Å². The first kappa shape index (κ1) is 15.8. The molecule has 5 nitrogen and oxygen atoms in total. The van der Waals surface area contributed by atoms with E-state index in [2.05, 4.69) is 13.8 Å². The Bertz CT molecular complexity index is 681. The second kappa shape index (κ2) is 6.02. The van der Waals surface area contributed by atoms with Crippen LogP contribution in [0.2, 0.25) is 0 Å². The van der Waals surface area contributed by atoms with Gasteiger partial charge in [-0.25, -0.2) is 0 Å². The second-order valence-corrected chi connectivity index (χ2v) is 5.63. The quantitative estimate of drug-likeness (QED) is 0.866. The lowest BCUT2D eigenvalue weighted by Gasteiger charge is -2.24. The van der Waals surface area contributed by atoms with Crippen LogP contribution < -0.4 is 0 Å².